The third kappa shape index (κ3) is 5.37. The van der Waals surface area contributed by atoms with Crippen LogP contribution in [0, 0.1) is 16.7 Å². The van der Waals surface area contributed by atoms with Gasteiger partial charge in [0.1, 0.15) is 24.2 Å². The average Bonchev–Trinajstić information content (AvgIpc) is 2.85. The van der Waals surface area contributed by atoms with Crippen LogP contribution < -0.4 is 26.4 Å². The molecule has 0 bridgehead atoms. The molecule has 0 unspecified atom stereocenters. The molecule has 1 saturated heterocycles. The van der Waals surface area contributed by atoms with Crippen molar-refractivity contribution in [2.24, 2.45) is 5.73 Å². The normalized spacial score (nSPS) is 14.1. The Bertz CT molecular complexity index is 1310. The van der Waals surface area contributed by atoms with Gasteiger partial charge >= 0.3 is 0 Å². The highest BCUT2D eigenvalue weighted by Gasteiger charge is 2.39. The number of nitrogen functional groups attached to an aromatic ring is 1. The summed E-state index contributed by atoms with van der Waals surface area (Å²) in [5.41, 5.74) is 14.2. The number of nitrogens with two attached hydrogens (primary N) is 2. The minimum Gasteiger partial charge on any atom is -0.489 e. The summed E-state index contributed by atoms with van der Waals surface area (Å²) in [6.07, 6.45) is 4.58. The maximum absolute atomic E-state index is 9.77. The van der Waals surface area contributed by atoms with Crippen molar-refractivity contribution >= 4 is 40.4 Å². The number of pyridine rings is 2. The van der Waals surface area contributed by atoms with E-state index in [-0.39, 0.29) is 17.9 Å². The molecule has 0 amide bonds. The van der Waals surface area contributed by atoms with E-state index in [4.69, 9.17) is 44.8 Å². The number of benzene rings is 1. The minimum absolute atomic E-state index is 0.0707. The Morgan fingerprint density at radius 3 is 2.64 bits per heavy atom. The fourth-order valence-corrected chi connectivity index (χ4v) is 4.56. The molecule has 9 nitrogen and oxygen atoms in total. The zero-order valence-electron chi connectivity index (χ0n) is 19.7. The topological polar surface area (TPSA) is 150 Å². The average molecular weight is 525 g/mol. The summed E-state index contributed by atoms with van der Waals surface area (Å²) in [4.78, 5) is 10.5. The van der Waals surface area contributed by atoms with Gasteiger partial charge in [0.2, 0.25) is 0 Å². The summed E-state index contributed by atoms with van der Waals surface area (Å²) >= 11 is 12.3. The summed E-state index contributed by atoms with van der Waals surface area (Å²) in [6.45, 7) is 4.96. The SMILES string of the molecule is CC1(NCCN)CN(c2ncc(C(=N)c3cc(OCc4c(Cl)cncc4Cl)ccc3N)cc2C#N)C1. The number of nitrogens with zero attached hydrogens (tertiary/aromatic N) is 4. The second kappa shape index (κ2) is 10.7. The lowest BCUT2D eigenvalue weighted by Crippen LogP contribution is -2.68. The number of anilines is 2. The van der Waals surface area contributed by atoms with Crippen LogP contribution in [0.15, 0.2) is 42.9 Å². The van der Waals surface area contributed by atoms with Crippen molar-refractivity contribution in [2.75, 3.05) is 36.8 Å². The minimum atomic E-state index is -0.0707. The molecule has 2 aromatic heterocycles. The first-order valence-corrected chi connectivity index (χ1v) is 12.0. The molecule has 1 aromatic carbocycles. The zero-order valence-corrected chi connectivity index (χ0v) is 21.2. The molecule has 0 atom stereocenters. The van der Waals surface area contributed by atoms with Crippen LogP contribution in [0.5, 0.6) is 5.75 Å². The Balaban J connectivity index is 1.51. The number of halogens is 2. The number of nitriles is 1. The fourth-order valence-electron chi connectivity index (χ4n) is 4.09. The van der Waals surface area contributed by atoms with E-state index >= 15 is 0 Å². The number of ether oxygens (including phenoxy) is 1. The number of hydrogen-bond donors (Lipinski definition) is 4. The van der Waals surface area contributed by atoms with Crippen LogP contribution in [-0.4, -0.2) is 47.4 Å². The third-order valence-corrected chi connectivity index (χ3v) is 6.63. The van der Waals surface area contributed by atoms with E-state index in [0.717, 1.165) is 6.54 Å². The number of nitrogens with one attached hydrogen (secondary N) is 2. The zero-order chi connectivity index (χ0) is 25.9. The van der Waals surface area contributed by atoms with E-state index in [1.54, 1.807) is 30.5 Å². The van der Waals surface area contributed by atoms with E-state index in [2.05, 4.69) is 28.3 Å². The highest BCUT2D eigenvalue weighted by Crippen LogP contribution is 2.30. The summed E-state index contributed by atoms with van der Waals surface area (Å²) < 4.78 is 5.86. The molecule has 0 radical (unpaired) electrons. The van der Waals surface area contributed by atoms with Crippen LogP contribution in [0.2, 0.25) is 10.0 Å². The quantitative estimate of drug-likeness (QED) is 0.245. The third-order valence-electron chi connectivity index (χ3n) is 5.98. The van der Waals surface area contributed by atoms with E-state index in [9.17, 15) is 5.26 Å². The molecule has 0 saturated carbocycles. The lowest BCUT2D eigenvalue weighted by molar-refractivity contribution is 0.284. The second-order valence-corrected chi connectivity index (χ2v) is 9.65. The van der Waals surface area contributed by atoms with Crippen molar-refractivity contribution in [1.29, 1.82) is 10.7 Å². The van der Waals surface area contributed by atoms with Crippen LogP contribution >= 0.6 is 23.2 Å². The molecule has 1 aliphatic heterocycles. The molecule has 0 aliphatic carbocycles. The molecular formula is C25H26Cl2N8O. The van der Waals surface area contributed by atoms with Crippen molar-refractivity contribution in [3.05, 3.63) is 75.2 Å². The Morgan fingerprint density at radius 1 is 1.25 bits per heavy atom. The van der Waals surface area contributed by atoms with Crippen molar-refractivity contribution in [1.82, 2.24) is 15.3 Å². The largest absolute Gasteiger partial charge is 0.489 e. The lowest BCUT2D eigenvalue weighted by Gasteiger charge is -2.49. The molecule has 186 valence electrons. The van der Waals surface area contributed by atoms with Crippen LogP contribution in [-0.2, 0) is 6.61 Å². The van der Waals surface area contributed by atoms with E-state index in [1.165, 1.54) is 12.4 Å². The standard InChI is InChI=1S/C25H26Cl2N8O/c1-25(34-5-4-28)13-35(14-25)24-15(8-29)6-16(9-33-24)23(31)18-7-17(2-3-22(18)30)36-12-19-20(26)10-32-11-21(19)27/h2-3,6-7,9-11,31,34H,4-5,12-14,28,30H2,1H3. The summed E-state index contributed by atoms with van der Waals surface area (Å²) in [5.74, 6) is 1.08. The number of aromatic nitrogens is 2. The first kappa shape index (κ1) is 25.7. The molecule has 3 heterocycles. The van der Waals surface area contributed by atoms with Crippen molar-refractivity contribution in [2.45, 2.75) is 19.1 Å². The van der Waals surface area contributed by atoms with Crippen molar-refractivity contribution in [3.8, 4) is 11.8 Å². The van der Waals surface area contributed by atoms with Gasteiger partial charge in [-0.2, -0.15) is 5.26 Å². The summed E-state index contributed by atoms with van der Waals surface area (Å²) in [7, 11) is 0. The highest BCUT2D eigenvalue weighted by molar-refractivity contribution is 6.35. The van der Waals surface area contributed by atoms with Gasteiger partial charge in [-0.05, 0) is 31.2 Å². The molecule has 1 aliphatic rings. The smallest absolute Gasteiger partial charge is 0.146 e. The Labute approximate surface area is 219 Å². The molecular weight excluding hydrogens is 499 g/mol. The second-order valence-electron chi connectivity index (χ2n) is 8.83. The van der Waals surface area contributed by atoms with Crippen molar-refractivity contribution < 1.29 is 4.74 Å². The van der Waals surface area contributed by atoms with Gasteiger partial charge in [0.25, 0.3) is 0 Å². The maximum Gasteiger partial charge on any atom is 0.146 e. The van der Waals surface area contributed by atoms with Crippen LogP contribution in [0.25, 0.3) is 0 Å². The van der Waals surface area contributed by atoms with Crippen LogP contribution in [0.4, 0.5) is 11.5 Å². The highest BCUT2D eigenvalue weighted by atomic mass is 35.5. The molecule has 11 heteroatoms. The summed E-state index contributed by atoms with van der Waals surface area (Å²) in [6, 6.07) is 8.91. The van der Waals surface area contributed by atoms with E-state index < -0.39 is 0 Å². The lowest BCUT2D eigenvalue weighted by atomic mass is 9.91. The molecule has 4 rings (SSSR count). The molecule has 1 fully saturated rings. The van der Waals surface area contributed by atoms with E-state index in [0.29, 0.717) is 69.2 Å². The fraction of sp³-hybridized carbons (Fsp3) is 0.280. The van der Waals surface area contributed by atoms with Gasteiger partial charge in [0.05, 0.1) is 26.9 Å². The maximum atomic E-state index is 9.77. The van der Waals surface area contributed by atoms with Gasteiger partial charge in [-0.1, -0.05) is 23.2 Å². The van der Waals surface area contributed by atoms with Gasteiger partial charge in [-0.15, -0.1) is 0 Å². The van der Waals surface area contributed by atoms with Gasteiger partial charge in [-0.25, -0.2) is 4.98 Å². The van der Waals surface area contributed by atoms with Gasteiger partial charge in [-0.3, -0.25) is 10.4 Å². The first-order valence-electron chi connectivity index (χ1n) is 11.2. The molecule has 3 aromatic rings. The summed E-state index contributed by atoms with van der Waals surface area (Å²) in [5, 5.41) is 22.7. The first-order chi connectivity index (χ1) is 17.2. The van der Waals surface area contributed by atoms with Gasteiger partial charge in [0.15, 0.2) is 0 Å². The van der Waals surface area contributed by atoms with E-state index in [1.807, 2.05) is 4.90 Å². The Hall–Kier alpha value is -3.42. The van der Waals surface area contributed by atoms with Gasteiger partial charge in [0, 0.05) is 67.1 Å². The Kier molecular flexibility index (Phi) is 7.62. The number of hydrogen-bond acceptors (Lipinski definition) is 9. The molecule has 6 N–H and O–H groups in total. The molecule has 0 spiro atoms. The van der Waals surface area contributed by atoms with Gasteiger partial charge < -0.3 is 26.4 Å². The Morgan fingerprint density at radius 2 is 1.97 bits per heavy atom. The monoisotopic (exact) mass is 524 g/mol. The van der Waals surface area contributed by atoms with Crippen LogP contribution in [0.1, 0.15) is 29.2 Å². The predicted octanol–water partition coefficient (Wildman–Crippen LogP) is 3.36. The molecule has 36 heavy (non-hydrogen) atoms. The van der Waals surface area contributed by atoms with Crippen LogP contribution in [0.3, 0.4) is 0 Å². The van der Waals surface area contributed by atoms with Crippen molar-refractivity contribution in [3.63, 3.8) is 0 Å². The predicted molar refractivity (Wildman–Crippen MR) is 142 cm³/mol. The number of rotatable bonds is 9.